The number of benzene rings is 3. The Bertz CT molecular complexity index is 2100. The van der Waals surface area contributed by atoms with Crippen LogP contribution in [0.3, 0.4) is 0 Å². The van der Waals surface area contributed by atoms with E-state index < -0.39 is 60.4 Å². The van der Waals surface area contributed by atoms with Crippen LogP contribution in [-0.2, 0) is 49.7 Å². The largest absolute Gasteiger partial charge is 0.484 e. The van der Waals surface area contributed by atoms with Gasteiger partial charge >= 0.3 is 5.97 Å². The number of fused-ring (bicyclic) bond motifs is 16. The Hall–Kier alpha value is -6.89. The maximum Gasteiger partial charge on any atom is 0.326 e. The molecule has 0 radical (unpaired) electrons. The van der Waals surface area contributed by atoms with E-state index >= 15 is 0 Å². The molecular weight excluding hydrogens is 713 g/mol. The molecule has 286 valence electrons. The Labute approximate surface area is 323 Å². The van der Waals surface area contributed by atoms with Gasteiger partial charge in [0.05, 0.1) is 5.69 Å². The fourth-order valence-electron chi connectivity index (χ4n) is 6.31. The summed E-state index contributed by atoms with van der Waals surface area (Å²) >= 11 is 0. The second-order valence-corrected chi connectivity index (χ2v) is 13.4. The van der Waals surface area contributed by atoms with Gasteiger partial charge in [0.25, 0.3) is 5.91 Å². The van der Waals surface area contributed by atoms with E-state index in [1.54, 1.807) is 54.9 Å². The summed E-state index contributed by atoms with van der Waals surface area (Å²) in [6.07, 6.45) is 3.78. The molecule has 4 unspecified atom stereocenters. The minimum atomic E-state index is -1.32. The molecule has 4 heterocycles. The number of carboxylic acids is 1. The van der Waals surface area contributed by atoms with Crippen LogP contribution in [0.2, 0.25) is 0 Å². The highest BCUT2D eigenvalue weighted by Crippen LogP contribution is 2.19. The van der Waals surface area contributed by atoms with Crippen LogP contribution in [0.25, 0.3) is 11.3 Å². The molecule has 3 aromatic carbocycles. The van der Waals surface area contributed by atoms with Gasteiger partial charge in [0.2, 0.25) is 17.7 Å². The van der Waals surface area contributed by atoms with Crippen molar-refractivity contribution in [3.8, 4) is 17.0 Å². The van der Waals surface area contributed by atoms with Gasteiger partial charge in [-0.05, 0) is 65.9 Å². The van der Waals surface area contributed by atoms with E-state index in [1.165, 1.54) is 0 Å². The van der Waals surface area contributed by atoms with Gasteiger partial charge in [0.1, 0.15) is 29.9 Å². The Morgan fingerprint density at radius 1 is 0.643 bits per heavy atom. The highest BCUT2D eigenvalue weighted by molar-refractivity contribution is 5.95. The molecule has 0 saturated carbocycles. The average Bonchev–Trinajstić information content (AvgIpc) is 3.22. The molecule has 4 amide bonds. The van der Waals surface area contributed by atoms with Crippen LogP contribution < -0.4 is 26.0 Å². The van der Waals surface area contributed by atoms with Crippen LogP contribution in [-0.4, -0.2) is 75.4 Å². The lowest BCUT2D eigenvalue weighted by Crippen LogP contribution is -2.59. The third kappa shape index (κ3) is 11.1. The number of hydrogen-bond acceptors (Lipinski definition) is 8. The maximum atomic E-state index is 14.3. The predicted molar refractivity (Wildman–Crippen MR) is 207 cm³/mol. The fraction of sp³-hybridized carbons (Fsp3) is 0.233. The van der Waals surface area contributed by atoms with Crippen molar-refractivity contribution in [3.05, 3.63) is 150 Å². The lowest BCUT2D eigenvalue weighted by Gasteiger charge is -2.26. The van der Waals surface area contributed by atoms with Gasteiger partial charge < -0.3 is 31.1 Å². The Kier molecular flexibility index (Phi) is 13.1. The molecule has 0 spiro atoms. The van der Waals surface area contributed by atoms with Gasteiger partial charge in [-0.1, -0.05) is 78.9 Å². The van der Waals surface area contributed by atoms with Gasteiger partial charge in [-0.3, -0.25) is 29.1 Å². The van der Waals surface area contributed by atoms with Gasteiger partial charge in [0, 0.05) is 42.9 Å². The SMILES string of the molecule is O=C1COc2ccc(cc2)CC(C(=O)O)NC(=O)C(CCc2ccccc2)NC(=O)C(Cc2ccc(-c3ccccn3)cc2)NC(=O)C(Cc2ccccn2)N1. The molecule has 7 rings (SSSR count). The molecule has 56 heavy (non-hydrogen) atoms. The van der Waals surface area contributed by atoms with Crippen LogP contribution in [0.4, 0.5) is 0 Å². The zero-order valence-electron chi connectivity index (χ0n) is 30.5. The second kappa shape index (κ2) is 18.9. The number of carbonyl (C=O) groups is 5. The van der Waals surface area contributed by atoms with Crippen LogP contribution >= 0.6 is 0 Å². The summed E-state index contributed by atoms with van der Waals surface area (Å²) in [6, 6.07) is 29.1. The van der Waals surface area contributed by atoms with Crippen molar-refractivity contribution < 1.29 is 33.8 Å². The number of carbonyl (C=O) groups excluding carboxylic acids is 4. The maximum absolute atomic E-state index is 14.3. The first-order chi connectivity index (χ1) is 27.2. The second-order valence-electron chi connectivity index (χ2n) is 13.4. The summed E-state index contributed by atoms with van der Waals surface area (Å²) in [5.74, 6) is -3.53. The molecular formula is C43H42N6O7. The molecule has 4 atom stereocenters. The Morgan fingerprint density at radius 3 is 1.95 bits per heavy atom. The van der Waals surface area contributed by atoms with Crippen molar-refractivity contribution in [3.63, 3.8) is 0 Å². The predicted octanol–water partition coefficient (Wildman–Crippen LogP) is 3.22. The number of pyridine rings is 2. The molecule has 2 aromatic heterocycles. The number of aliphatic carboxylic acids is 1. The summed E-state index contributed by atoms with van der Waals surface area (Å²) in [5.41, 5.74) is 4.34. The van der Waals surface area contributed by atoms with Gasteiger partial charge in [-0.25, -0.2) is 4.79 Å². The van der Waals surface area contributed by atoms with Gasteiger partial charge in [-0.15, -0.1) is 0 Å². The monoisotopic (exact) mass is 754 g/mol. The fourth-order valence-corrected chi connectivity index (χ4v) is 6.31. The van der Waals surface area contributed by atoms with Crippen LogP contribution in [0, 0.1) is 0 Å². The zero-order chi connectivity index (χ0) is 39.3. The van der Waals surface area contributed by atoms with Crippen LogP contribution in [0.15, 0.2) is 128 Å². The van der Waals surface area contributed by atoms with Crippen molar-refractivity contribution in [2.45, 2.75) is 56.3 Å². The normalized spacial score (nSPS) is 19.5. The van der Waals surface area contributed by atoms with E-state index in [2.05, 4.69) is 31.2 Å². The number of rotatable bonds is 9. The minimum Gasteiger partial charge on any atom is -0.484 e. The van der Waals surface area contributed by atoms with E-state index in [4.69, 9.17) is 4.74 Å². The molecule has 2 aliphatic heterocycles. The molecule has 5 aromatic rings. The van der Waals surface area contributed by atoms with Gasteiger partial charge in [-0.2, -0.15) is 0 Å². The molecule has 0 aliphatic carbocycles. The lowest BCUT2D eigenvalue weighted by atomic mass is 9.99. The topological polar surface area (TPSA) is 189 Å². The quantitative estimate of drug-likeness (QED) is 0.141. The minimum absolute atomic E-state index is 0.0128. The van der Waals surface area contributed by atoms with Crippen molar-refractivity contribution in [2.75, 3.05) is 6.61 Å². The van der Waals surface area contributed by atoms with E-state index in [-0.39, 0.29) is 25.7 Å². The molecule has 13 heteroatoms. The molecule has 13 nitrogen and oxygen atoms in total. The van der Waals surface area contributed by atoms with E-state index in [1.807, 2.05) is 72.8 Å². The average molecular weight is 755 g/mol. The summed E-state index contributed by atoms with van der Waals surface area (Å²) in [6.45, 7) is -0.422. The number of amides is 4. The number of nitrogens with zero attached hydrogens (tertiary/aromatic N) is 2. The smallest absolute Gasteiger partial charge is 0.326 e. The third-order valence-corrected chi connectivity index (χ3v) is 9.32. The standard InChI is InChI=1S/C43H42N6O7/c50-39-27-56-33-19-14-30(15-20-33)25-38(43(54)55)49-40(51)35(21-16-28-8-2-1-3-9-28)47-41(52)36(48-42(53)37(46-39)26-32-10-4-6-22-44-32)24-29-12-17-31(18-13-29)34-11-5-7-23-45-34/h1-15,17-20,22-23,35-38H,16,21,24-27H2,(H,46,50)(H,47,52)(H,48,53)(H,49,51)(H,54,55). The number of aromatic nitrogens is 2. The first-order valence-electron chi connectivity index (χ1n) is 18.3. The Balaban J connectivity index is 1.33. The summed E-state index contributed by atoms with van der Waals surface area (Å²) < 4.78 is 5.68. The first kappa shape index (κ1) is 38.8. The van der Waals surface area contributed by atoms with Crippen molar-refractivity contribution in [1.82, 2.24) is 31.2 Å². The molecule has 5 N–H and O–H groups in total. The summed E-state index contributed by atoms with van der Waals surface area (Å²) in [4.78, 5) is 76.7. The van der Waals surface area contributed by atoms with Crippen LogP contribution in [0.1, 0.15) is 28.8 Å². The molecule has 2 bridgehead atoms. The number of nitrogens with one attached hydrogen (secondary N) is 4. The molecule has 0 fully saturated rings. The van der Waals surface area contributed by atoms with E-state index in [0.29, 0.717) is 29.0 Å². The number of carboxylic acid groups (broad SMARTS) is 1. The van der Waals surface area contributed by atoms with Crippen molar-refractivity contribution >= 4 is 29.6 Å². The van der Waals surface area contributed by atoms with Crippen LogP contribution in [0.5, 0.6) is 5.75 Å². The molecule has 2 aliphatic rings. The highest BCUT2D eigenvalue weighted by Gasteiger charge is 2.32. The third-order valence-electron chi connectivity index (χ3n) is 9.32. The van der Waals surface area contributed by atoms with Gasteiger partial charge in [0.15, 0.2) is 6.61 Å². The van der Waals surface area contributed by atoms with E-state index in [9.17, 15) is 29.1 Å². The number of hydrogen-bond donors (Lipinski definition) is 5. The van der Waals surface area contributed by atoms with Crippen molar-refractivity contribution in [2.24, 2.45) is 0 Å². The van der Waals surface area contributed by atoms with E-state index in [0.717, 1.165) is 16.8 Å². The summed E-state index contributed by atoms with van der Waals surface area (Å²) in [5, 5.41) is 21.1. The summed E-state index contributed by atoms with van der Waals surface area (Å²) in [7, 11) is 0. The highest BCUT2D eigenvalue weighted by atomic mass is 16.5. The Morgan fingerprint density at radius 2 is 1.29 bits per heavy atom. The molecule has 0 saturated heterocycles. The lowest BCUT2D eigenvalue weighted by molar-refractivity contribution is -0.142. The zero-order valence-corrected chi connectivity index (χ0v) is 30.5. The van der Waals surface area contributed by atoms with Crippen molar-refractivity contribution in [1.29, 1.82) is 0 Å². The number of ether oxygens (including phenoxy) is 1. The first-order valence-corrected chi connectivity index (χ1v) is 18.3. The number of aryl methyl sites for hydroxylation is 1.